The zero-order valence-corrected chi connectivity index (χ0v) is 9.12. The molecule has 0 radical (unpaired) electrons. The first-order chi connectivity index (χ1) is 5.49. The van der Waals surface area contributed by atoms with Crippen molar-refractivity contribution in [3.8, 4) is 0 Å². The van der Waals surface area contributed by atoms with Crippen molar-refractivity contribution in [3.63, 3.8) is 0 Å². The van der Waals surface area contributed by atoms with Gasteiger partial charge in [0.25, 0.3) is 0 Å². The van der Waals surface area contributed by atoms with Crippen molar-refractivity contribution in [3.05, 3.63) is 0 Å². The lowest BCUT2D eigenvalue weighted by Gasteiger charge is -2.10. The molecule has 12 heavy (non-hydrogen) atoms. The Morgan fingerprint density at radius 2 is 2.08 bits per heavy atom. The summed E-state index contributed by atoms with van der Waals surface area (Å²) in [5.74, 6) is 0.145. The van der Waals surface area contributed by atoms with Gasteiger partial charge in [-0.2, -0.15) is 8.42 Å². The number of rotatable bonds is 6. The van der Waals surface area contributed by atoms with Crippen LogP contribution in [0.2, 0.25) is 0 Å². The molecule has 0 aliphatic carbocycles. The lowest BCUT2D eigenvalue weighted by atomic mass is 10.2. The van der Waals surface area contributed by atoms with Crippen LogP contribution in [0.5, 0.6) is 0 Å². The van der Waals surface area contributed by atoms with Crippen LogP contribution in [0.25, 0.3) is 0 Å². The van der Waals surface area contributed by atoms with E-state index in [0.29, 0.717) is 6.42 Å². The SMILES string of the molecule is CCCCC(CCl)OS(=O)(=O)Cl. The molecule has 1 atom stereocenters. The Kier molecular flexibility index (Phi) is 6.27. The van der Waals surface area contributed by atoms with Crippen LogP contribution in [-0.4, -0.2) is 20.4 Å². The van der Waals surface area contributed by atoms with Gasteiger partial charge in [-0.15, -0.1) is 11.6 Å². The van der Waals surface area contributed by atoms with Crippen LogP contribution in [-0.2, 0) is 13.5 Å². The molecule has 0 spiro atoms. The van der Waals surface area contributed by atoms with Gasteiger partial charge in [-0.1, -0.05) is 19.8 Å². The first-order valence-corrected chi connectivity index (χ1v) is 6.45. The van der Waals surface area contributed by atoms with Crippen molar-refractivity contribution in [2.24, 2.45) is 0 Å². The van der Waals surface area contributed by atoms with Gasteiger partial charge < -0.3 is 0 Å². The molecule has 0 saturated carbocycles. The summed E-state index contributed by atoms with van der Waals surface area (Å²) in [7, 11) is 0.999. The molecule has 0 amide bonds. The summed E-state index contributed by atoms with van der Waals surface area (Å²) in [4.78, 5) is 0. The second kappa shape index (κ2) is 6.02. The molecule has 0 fully saturated rings. The van der Waals surface area contributed by atoms with E-state index in [1.54, 1.807) is 0 Å². The summed E-state index contributed by atoms with van der Waals surface area (Å²) in [6.45, 7) is 2.00. The first kappa shape index (κ1) is 12.5. The Labute approximate surface area is 82.6 Å². The topological polar surface area (TPSA) is 43.4 Å². The second-order valence-corrected chi connectivity index (χ2v) is 4.83. The minimum absolute atomic E-state index is 0.145. The van der Waals surface area contributed by atoms with E-state index >= 15 is 0 Å². The second-order valence-electron chi connectivity index (χ2n) is 2.41. The molecule has 0 aromatic heterocycles. The smallest absolute Gasteiger partial charge is 0.253 e. The van der Waals surface area contributed by atoms with Crippen molar-refractivity contribution < 1.29 is 12.6 Å². The highest BCUT2D eigenvalue weighted by Gasteiger charge is 2.15. The lowest BCUT2D eigenvalue weighted by molar-refractivity contribution is 0.224. The maximum absolute atomic E-state index is 10.4. The van der Waals surface area contributed by atoms with Crippen LogP contribution in [0.15, 0.2) is 0 Å². The van der Waals surface area contributed by atoms with Gasteiger partial charge in [0.1, 0.15) is 0 Å². The third-order valence-corrected chi connectivity index (χ3v) is 2.37. The van der Waals surface area contributed by atoms with Crippen LogP contribution in [0.4, 0.5) is 0 Å². The predicted octanol–water partition coefficient (Wildman–Crippen LogP) is 2.28. The van der Waals surface area contributed by atoms with Crippen LogP contribution in [0.3, 0.4) is 0 Å². The minimum Gasteiger partial charge on any atom is -0.253 e. The summed E-state index contributed by atoms with van der Waals surface area (Å²) in [6, 6.07) is 0. The van der Waals surface area contributed by atoms with Gasteiger partial charge in [-0.3, -0.25) is 4.18 Å². The van der Waals surface area contributed by atoms with Gasteiger partial charge in [0, 0.05) is 10.7 Å². The van der Waals surface area contributed by atoms with E-state index in [4.69, 9.17) is 22.3 Å². The minimum atomic E-state index is -3.88. The van der Waals surface area contributed by atoms with Crippen molar-refractivity contribution in [1.82, 2.24) is 0 Å². The Balaban J connectivity index is 3.83. The molecule has 0 N–H and O–H groups in total. The summed E-state index contributed by atoms with van der Waals surface area (Å²) < 4.78 is 25.4. The van der Waals surface area contributed by atoms with Gasteiger partial charge >= 0.3 is 9.33 Å². The van der Waals surface area contributed by atoms with E-state index in [-0.39, 0.29) is 5.88 Å². The normalized spacial score (nSPS) is 14.6. The third-order valence-electron chi connectivity index (χ3n) is 1.30. The molecular formula is C6H12Cl2O3S. The standard InChI is InChI=1S/C6H12Cl2O3S/c1-2-3-4-6(5-7)11-12(8,9)10/h6H,2-5H2,1H3. The number of alkyl halides is 1. The third kappa shape index (κ3) is 7.16. The summed E-state index contributed by atoms with van der Waals surface area (Å²) >= 11 is 5.46. The molecule has 0 bridgehead atoms. The molecule has 0 heterocycles. The fourth-order valence-electron chi connectivity index (χ4n) is 0.745. The van der Waals surface area contributed by atoms with E-state index < -0.39 is 15.4 Å². The monoisotopic (exact) mass is 234 g/mol. The molecular weight excluding hydrogens is 223 g/mol. The van der Waals surface area contributed by atoms with Gasteiger partial charge in [0.05, 0.1) is 12.0 Å². The summed E-state index contributed by atoms with van der Waals surface area (Å²) in [5.41, 5.74) is 0. The Hall–Kier alpha value is 0.490. The number of unbranched alkanes of at least 4 members (excludes halogenated alkanes) is 1. The Morgan fingerprint density at radius 1 is 1.50 bits per heavy atom. The van der Waals surface area contributed by atoms with Gasteiger partial charge in [-0.25, -0.2) is 0 Å². The molecule has 74 valence electrons. The highest BCUT2D eigenvalue weighted by Crippen LogP contribution is 2.12. The lowest BCUT2D eigenvalue weighted by Crippen LogP contribution is -2.16. The van der Waals surface area contributed by atoms with Crippen molar-refractivity contribution in [2.75, 3.05) is 5.88 Å². The molecule has 1 unspecified atom stereocenters. The molecule has 0 aliphatic heterocycles. The fourth-order valence-corrected chi connectivity index (χ4v) is 1.84. The zero-order chi connectivity index (χ0) is 9.61. The fraction of sp³-hybridized carbons (Fsp3) is 1.00. The molecule has 0 aliphatic rings. The average Bonchev–Trinajstić information content (AvgIpc) is 1.95. The maximum Gasteiger partial charge on any atom is 0.355 e. The largest absolute Gasteiger partial charge is 0.355 e. The predicted molar refractivity (Wildman–Crippen MR) is 49.9 cm³/mol. The number of hydrogen-bond acceptors (Lipinski definition) is 3. The molecule has 0 aromatic rings. The molecule has 3 nitrogen and oxygen atoms in total. The van der Waals surface area contributed by atoms with Crippen LogP contribution in [0.1, 0.15) is 26.2 Å². The van der Waals surface area contributed by atoms with E-state index in [1.807, 2.05) is 6.92 Å². The molecule has 0 aromatic carbocycles. The number of hydrogen-bond donors (Lipinski definition) is 0. The Bertz CT molecular complexity index is 203. The van der Waals surface area contributed by atoms with E-state index in [0.717, 1.165) is 12.8 Å². The summed E-state index contributed by atoms with van der Waals surface area (Å²) in [6.07, 6.45) is 1.98. The maximum atomic E-state index is 10.4. The van der Waals surface area contributed by atoms with Crippen molar-refractivity contribution in [2.45, 2.75) is 32.3 Å². The van der Waals surface area contributed by atoms with Crippen LogP contribution >= 0.6 is 22.3 Å². The quantitative estimate of drug-likeness (QED) is 0.524. The van der Waals surface area contributed by atoms with E-state index in [2.05, 4.69) is 4.18 Å². The highest BCUT2D eigenvalue weighted by atomic mass is 35.7. The van der Waals surface area contributed by atoms with Crippen molar-refractivity contribution in [1.29, 1.82) is 0 Å². The van der Waals surface area contributed by atoms with Gasteiger partial charge in [0.15, 0.2) is 0 Å². The van der Waals surface area contributed by atoms with E-state index in [9.17, 15) is 8.42 Å². The van der Waals surface area contributed by atoms with Crippen molar-refractivity contribution >= 4 is 31.6 Å². The van der Waals surface area contributed by atoms with Crippen LogP contribution < -0.4 is 0 Å². The van der Waals surface area contributed by atoms with Gasteiger partial charge in [0.2, 0.25) is 0 Å². The van der Waals surface area contributed by atoms with Gasteiger partial charge in [-0.05, 0) is 6.42 Å². The number of halogens is 2. The zero-order valence-electron chi connectivity index (χ0n) is 6.79. The first-order valence-electron chi connectivity index (χ1n) is 3.68. The summed E-state index contributed by atoms with van der Waals surface area (Å²) in [5, 5.41) is 0. The van der Waals surface area contributed by atoms with E-state index in [1.165, 1.54) is 0 Å². The molecule has 0 rings (SSSR count). The van der Waals surface area contributed by atoms with Crippen LogP contribution in [0, 0.1) is 0 Å². The average molecular weight is 235 g/mol. The Morgan fingerprint density at radius 3 is 2.42 bits per heavy atom. The molecule has 0 saturated heterocycles. The molecule has 6 heteroatoms. The highest BCUT2D eigenvalue weighted by molar-refractivity contribution is 8.10.